The molecule has 1 atom stereocenters. The summed E-state index contributed by atoms with van der Waals surface area (Å²) in [4.78, 5) is 11.6. The Bertz CT molecular complexity index is 408. The third-order valence-electron chi connectivity index (χ3n) is 2.32. The van der Waals surface area contributed by atoms with Gasteiger partial charge in [0, 0.05) is 6.61 Å². The minimum Gasteiger partial charge on any atom is -0.444 e. The summed E-state index contributed by atoms with van der Waals surface area (Å²) in [6, 6.07) is 0. The summed E-state index contributed by atoms with van der Waals surface area (Å²) in [6.45, 7) is 5.25. The van der Waals surface area contributed by atoms with Crippen LogP contribution in [-0.4, -0.2) is 44.6 Å². The summed E-state index contributed by atoms with van der Waals surface area (Å²) < 4.78 is 44.3. The molecule has 1 rings (SSSR count). The number of hydrogen-bond acceptors (Lipinski definition) is 5. The lowest BCUT2D eigenvalue weighted by Crippen LogP contribution is -2.54. The second-order valence-electron chi connectivity index (χ2n) is 5.39. The molecule has 1 heterocycles. The highest BCUT2D eigenvalue weighted by Gasteiger charge is 2.41. The second-order valence-corrected chi connectivity index (χ2v) is 6.76. The van der Waals surface area contributed by atoms with Crippen molar-refractivity contribution in [1.29, 1.82) is 0 Å². The van der Waals surface area contributed by atoms with Crippen LogP contribution in [0.5, 0.6) is 0 Å². The standard InChI is InChI=1S/C10H18FNO5S/c1-9(2,3)17-8(13)12-10(4-5-16-6-10)7-18(11,14)15/h4-7H2,1-3H3,(H,12,13). The molecule has 1 aliphatic heterocycles. The van der Waals surface area contributed by atoms with Crippen molar-refractivity contribution in [1.82, 2.24) is 5.32 Å². The molecule has 1 fully saturated rings. The average Bonchev–Trinajstić information content (AvgIpc) is 2.44. The first-order valence-corrected chi connectivity index (χ1v) is 7.08. The van der Waals surface area contributed by atoms with Gasteiger partial charge in [-0.3, -0.25) is 0 Å². The molecule has 18 heavy (non-hydrogen) atoms. The predicted molar refractivity (Wildman–Crippen MR) is 62.4 cm³/mol. The molecule has 0 aromatic carbocycles. The van der Waals surface area contributed by atoms with Crippen LogP contribution in [0.4, 0.5) is 8.68 Å². The van der Waals surface area contributed by atoms with Crippen molar-refractivity contribution in [2.45, 2.75) is 38.3 Å². The molecule has 8 heteroatoms. The lowest BCUT2D eigenvalue weighted by Gasteiger charge is -2.29. The van der Waals surface area contributed by atoms with Gasteiger partial charge < -0.3 is 14.8 Å². The van der Waals surface area contributed by atoms with Crippen molar-refractivity contribution in [3.63, 3.8) is 0 Å². The molecule has 1 unspecified atom stereocenters. The normalized spacial score (nSPS) is 24.9. The number of rotatable bonds is 3. The van der Waals surface area contributed by atoms with Crippen LogP contribution in [0.25, 0.3) is 0 Å². The molecule has 0 aromatic rings. The van der Waals surface area contributed by atoms with E-state index in [-0.39, 0.29) is 19.6 Å². The van der Waals surface area contributed by atoms with E-state index in [1.807, 2.05) is 0 Å². The van der Waals surface area contributed by atoms with Crippen molar-refractivity contribution in [2.75, 3.05) is 19.0 Å². The first kappa shape index (κ1) is 15.2. The van der Waals surface area contributed by atoms with Gasteiger partial charge in [-0.2, -0.15) is 8.42 Å². The van der Waals surface area contributed by atoms with Crippen LogP contribution in [0.15, 0.2) is 0 Å². The minimum absolute atomic E-state index is 0.0462. The molecule has 6 nitrogen and oxygen atoms in total. The van der Waals surface area contributed by atoms with Gasteiger partial charge in [-0.25, -0.2) is 4.79 Å². The fraction of sp³-hybridized carbons (Fsp3) is 0.900. The lowest BCUT2D eigenvalue weighted by molar-refractivity contribution is 0.0454. The van der Waals surface area contributed by atoms with Crippen LogP contribution >= 0.6 is 0 Å². The Hall–Kier alpha value is -0.890. The van der Waals surface area contributed by atoms with Gasteiger partial charge in [0.1, 0.15) is 11.4 Å². The van der Waals surface area contributed by atoms with E-state index in [1.54, 1.807) is 20.8 Å². The van der Waals surface area contributed by atoms with Gasteiger partial charge in [-0.1, -0.05) is 0 Å². The third-order valence-corrected chi connectivity index (χ3v) is 3.22. The number of hydrogen-bond donors (Lipinski definition) is 1. The summed E-state index contributed by atoms with van der Waals surface area (Å²) >= 11 is 0. The molecule has 0 spiro atoms. The maximum Gasteiger partial charge on any atom is 0.408 e. The number of alkyl carbamates (subject to hydrolysis) is 1. The summed E-state index contributed by atoms with van der Waals surface area (Å²) in [5, 5.41) is 2.40. The van der Waals surface area contributed by atoms with E-state index < -0.39 is 33.2 Å². The number of carbonyl (C=O) groups excluding carboxylic acids is 1. The Labute approximate surface area is 106 Å². The van der Waals surface area contributed by atoms with E-state index in [4.69, 9.17) is 9.47 Å². The molecule has 0 aromatic heterocycles. The highest BCUT2D eigenvalue weighted by atomic mass is 32.3. The van der Waals surface area contributed by atoms with Crippen LogP contribution in [0, 0.1) is 0 Å². The molecular formula is C10H18FNO5S. The number of amides is 1. The van der Waals surface area contributed by atoms with Crippen molar-refractivity contribution in [2.24, 2.45) is 0 Å². The maximum atomic E-state index is 12.8. The molecule has 106 valence electrons. The van der Waals surface area contributed by atoms with E-state index in [2.05, 4.69) is 5.32 Å². The van der Waals surface area contributed by atoms with Gasteiger partial charge >= 0.3 is 16.3 Å². The van der Waals surface area contributed by atoms with E-state index in [9.17, 15) is 17.1 Å². The number of carbonyl (C=O) groups is 1. The smallest absolute Gasteiger partial charge is 0.408 e. The van der Waals surface area contributed by atoms with Gasteiger partial charge in [0.2, 0.25) is 0 Å². The molecule has 1 N–H and O–H groups in total. The molecule has 0 radical (unpaired) electrons. The highest BCUT2D eigenvalue weighted by Crippen LogP contribution is 2.22. The number of nitrogens with one attached hydrogen (secondary N) is 1. The molecule has 0 saturated carbocycles. The molecule has 1 aliphatic rings. The topological polar surface area (TPSA) is 81.7 Å². The summed E-state index contributed by atoms with van der Waals surface area (Å²) in [7, 11) is -4.71. The molecule has 1 amide bonds. The van der Waals surface area contributed by atoms with Crippen LogP contribution in [0.1, 0.15) is 27.2 Å². The summed E-state index contributed by atoms with van der Waals surface area (Å²) in [5.74, 6) is -0.806. The zero-order valence-electron chi connectivity index (χ0n) is 10.7. The van der Waals surface area contributed by atoms with Crippen LogP contribution in [0.3, 0.4) is 0 Å². The SMILES string of the molecule is CC(C)(C)OC(=O)NC1(CS(=O)(=O)F)CCOC1. The first-order chi connectivity index (χ1) is 8.02. The Morgan fingerprint density at radius 1 is 1.50 bits per heavy atom. The van der Waals surface area contributed by atoms with E-state index in [1.165, 1.54) is 0 Å². The van der Waals surface area contributed by atoms with Crippen molar-refractivity contribution < 1.29 is 26.6 Å². The lowest BCUT2D eigenvalue weighted by atomic mass is 10.0. The van der Waals surface area contributed by atoms with Gasteiger partial charge in [0.25, 0.3) is 0 Å². The van der Waals surface area contributed by atoms with Crippen LogP contribution in [0.2, 0.25) is 0 Å². The molecular weight excluding hydrogens is 265 g/mol. The van der Waals surface area contributed by atoms with Crippen molar-refractivity contribution in [3.05, 3.63) is 0 Å². The molecule has 0 bridgehead atoms. The van der Waals surface area contributed by atoms with Crippen molar-refractivity contribution in [3.8, 4) is 0 Å². The Kier molecular flexibility index (Phi) is 4.22. The average molecular weight is 283 g/mol. The number of ether oxygens (including phenoxy) is 2. The van der Waals surface area contributed by atoms with Crippen LogP contribution in [-0.2, 0) is 19.7 Å². The monoisotopic (exact) mass is 283 g/mol. The van der Waals surface area contributed by atoms with Gasteiger partial charge in [-0.15, -0.1) is 3.89 Å². The highest BCUT2D eigenvalue weighted by molar-refractivity contribution is 7.86. The fourth-order valence-corrected chi connectivity index (χ4v) is 2.67. The fourth-order valence-electron chi connectivity index (χ4n) is 1.71. The van der Waals surface area contributed by atoms with E-state index in [0.29, 0.717) is 0 Å². The third kappa shape index (κ3) is 5.18. The maximum absolute atomic E-state index is 12.8. The largest absolute Gasteiger partial charge is 0.444 e. The van der Waals surface area contributed by atoms with Crippen LogP contribution < -0.4 is 5.32 Å². The van der Waals surface area contributed by atoms with Crippen molar-refractivity contribution >= 4 is 16.3 Å². The second kappa shape index (κ2) is 5.00. The van der Waals surface area contributed by atoms with E-state index in [0.717, 1.165) is 0 Å². The predicted octanol–water partition coefficient (Wildman–Crippen LogP) is 0.970. The molecule has 0 aliphatic carbocycles. The molecule has 1 saturated heterocycles. The summed E-state index contributed by atoms with van der Waals surface area (Å²) in [5.41, 5.74) is -1.95. The Balaban J connectivity index is 2.72. The minimum atomic E-state index is -4.71. The van der Waals surface area contributed by atoms with E-state index >= 15 is 0 Å². The first-order valence-electron chi connectivity index (χ1n) is 5.53. The van der Waals surface area contributed by atoms with Gasteiger partial charge in [0.05, 0.1) is 12.1 Å². The zero-order valence-corrected chi connectivity index (χ0v) is 11.5. The number of halogens is 1. The summed E-state index contributed by atoms with van der Waals surface area (Å²) in [6.07, 6.45) is -0.549. The Morgan fingerprint density at radius 3 is 2.50 bits per heavy atom. The Morgan fingerprint density at radius 2 is 2.11 bits per heavy atom. The quantitative estimate of drug-likeness (QED) is 0.780. The van der Waals surface area contributed by atoms with Gasteiger partial charge in [-0.05, 0) is 27.2 Å². The zero-order chi connectivity index (χ0) is 14.0. The van der Waals surface area contributed by atoms with Gasteiger partial charge in [0.15, 0.2) is 0 Å².